The Kier molecular flexibility index (Phi) is 3.91. The van der Waals surface area contributed by atoms with Gasteiger partial charge in [-0.25, -0.2) is 8.42 Å². The molecular weight excluding hydrogens is 328 g/mol. The Hall–Kier alpha value is -1.40. The molecule has 0 amide bonds. The number of sulfone groups is 1. The van der Waals surface area contributed by atoms with Gasteiger partial charge in [-0.1, -0.05) is 0 Å². The third-order valence-electron chi connectivity index (χ3n) is 2.72. The van der Waals surface area contributed by atoms with Gasteiger partial charge in [0.2, 0.25) is 0 Å². The molecule has 2 aromatic rings. The molecule has 0 spiro atoms. The van der Waals surface area contributed by atoms with Crippen molar-refractivity contribution in [2.24, 2.45) is 0 Å². The molecule has 4 nitrogen and oxygen atoms in total. The molecule has 6 heteroatoms. The first-order valence-corrected chi connectivity index (χ1v) is 8.01. The van der Waals surface area contributed by atoms with Gasteiger partial charge in [0.25, 0.3) is 0 Å². The van der Waals surface area contributed by atoms with Gasteiger partial charge in [-0.15, -0.1) is 0 Å². The highest BCUT2D eigenvalue weighted by Gasteiger charge is 2.16. The summed E-state index contributed by atoms with van der Waals surface area (Å²) in [4.78, 5) is 4.24. The number of nitrogens with zero attached hydrogens (tertiary/aromatic N) is 1. The topological polar surface area (TPSA) is 73.0 Å². The van der Waals surface area contributed by atoms with Gasteiger partial charge in [-0.05, 0) is 58.2 Å². The average Bonchev–Trinajstić information content (AvgIpc) is 2.32. The lowest BCUT2D eigenvalue weighted by Gasteiger charge is -2.07. The second-order valence-electron chi connectivity index (χ2n) is 4.29. The summed E-state index contributed by atoms with van der Waals surface area (Å²) in [7, 11) is -3.39. The molecule has 0 radical (unpaired) electrons. The second-order valence-corrected chi connectivity index (χ2v) is 7.19. The Morgan fingerprint density at radius 3 is 2.63 bits per heavy atom. The van der Waals surface area contributed by atoms with Crippen LogP contribution in [0.4, 0.5) is 5.69 Å². The van der Waals surface area contributed by atoms with E-state index in [1.54, 1.807) is 37.5 Å². The molecule has 2 rings (SSSR count). The van der Waals surface area contributed by atoms with Gasteiger partial charge in [0.1, 0.15) is 0 Å². The standard InChI is InChI=1S/C13H13BrN2O2S/c1-9-4-12(2-3-13(9)15)19(17,18)8-10-5-11(14)7-16-6-10/h2-7H,8,15H2,1H3. The van der Waals surface area contributed by atoms with Crippen LogP contribution in [0.15, 0.2) is 46.0 Å². The normalized spacial score (nSPS) is 11.5. The molecule has 100 valence electrons. The molecule has 0 saturated heterocycles. The molecular formula is C13H13BrN2O2S. The summed E-state index contributed by atoms with van der Waals surface area (Å²) in [6, 6.07) is 6.48. The van der Waals surface area contributed by atoms with Crippen LogP contribution in [0.25, 0.3) is 0 Å². The van der Waals surface area contributed by atoms with Crippen LogP contribution < -0.4 is 5.73 Å². The molecule has 0 fully saturated rings. The van der Waals surface area contributed by atoms with Gasteiger partial charge in [0.15, 0.2) is 9.84 Å². The van der Waals surface area contributed by atoms with Crippen LogP contribution in [0.5, 0.6) is 0 Å². The number of anilines is 1. The van der Waals surface area contributed by atoms with Crippen molar-refractivity contribution in [3.8, 4) is 0 Å². The van der Waals surface area contributed by atoms with Crippen LogP contribution in [0.3, 0.4) is 0 Å². The first-order chi connectivity index (χ1) is 8.88. The molecule has 1 aromatic heterocycles. The maximum absolute atomic E-state index is 12.3. The second kappa shape index (κ2) is 5.30. The van der Waals surface area contributed by atoms with E-state index in [0.29, 0.717) is 11.3 Å². The highest BCUT2D eigenvalue weighted by atomic mass is 79.9. The predicted molar refractivity (Wildman–Crippen MR) is 78.4 cm³/mol. The van der Waals surface area contributed by atoms with E-state index < -0.39 is 9.84 Å². The van der Waals surface area contributed by atoms with E-state index in [4.69, 9.17) is 5.73 Å². The lowest BCUT2D eigenvalue weighted by molar-refractivity contribution is 0.595. The van der Waals surface area contributed by atoms with Crippen molar-refractivity contribution in [3.63, 3.8) is 0 Å². The zero-order chi connectivity index (χ0) is 14.0. The van der Waals surface area contributed by atoms with Crippen molar-refractivity contribution in [3.05, 3.63) is 52.3 Å². The summed E-state index contributed by atoms with van der Waals surface area (Å²) >= 11 is 3.27. The van der Waals surface area contributed by atoms with Gasteiger partial charge in [0.05, 0.1) is 10.6 Å². The zero-order valence-corrected chi connectivity index (χ0v) is 12.7. The van der Waals surface area contributed by atoms with Gasteiger partial charge < -0.3 is 5.73 Å². The van der Waals surface area contributed by atoms with E-state index in [9.17, 15) is 8.42 Å². The van der Waals surface area contributed by atoms with E-state index >= 15 is 0 Å². The lowest BCUT2D eigenvalue weighted by atomic mass is 10.2. The van der Waals surface area contributed by atoms with Crippen molar-refractivity contribution in [1.29, 1.82) is 0 Å². The third-order valence-corrected chi connectivity index (χ3v) is 4.84. The number of aromatic nitrogens is 1. The summed E-state index contributed by atoms with van der Waals surface area (Å²) < 4.78 is 25.3. The van der Waals surface area contributed by atoms with Crippen LogP contribution in [-0.2, 0) is 15.6 Å². The number of benzene rings is 1. The minimum Gasteiger partial charge on any atom is -0.399 e. The Labute approximate surface area is 120 Å². The Morgan fingerprint density at radius 1 is 1.26 bits per heavy atom. The summed E-state index contributed by atoms with van der Waals surface area (Å²) in [6.07, 6.45) is 3.16. The lowest BCUT2D eigenvalue weighted by Crippen LogP contribution is -2.06. The molecule has 0 bridgehead atoms. The third kappa shape index (κ3) is 3.33. The van der Waals surface area contributed by atoms with E-state index in [1.807, 2.05) is 0 Å². The summed E-state index contributed by atoms with van der Waals surface area (Å²) in [6.45, 7) is 1.79. The summed E-state index contributed by atoms with van der Waals surface area (Å²) in [5.74, 6) is -0.0806. The number of aryl methyl sites for hydroxylation is 1. The van der Waals surface area contributed by atoms with Crippen LogP contribution in [0.2, 0.25) is 0 Å². The fraction of sp³-hybridized carbons (Fsp3) is 0.154. The van der Waals surface area contributed by atoms with Gasteiger partial charge in [-0.2, -0.15) is 0 Å². The smallest absolute Gasteiger partial charge is 0.182 e. The maximum Gasteiger partial charge on any atom is 0.182 e. The number of nitrogens with two attached hydrogens (primary N) is 1. The Balaban J connectivity index is 2.35. The van der Waals surface area contributed by atoms with Gasteiger partial charge in [0, 0.05) is 22.6 Å². The van der Waals surface area contributed by atoms with Crippen LogP contribution in [0.1, 0.15) is 11.1 Å². The highest BCUT2D eigenvalue weighted by Crippen LogP contribution is 2.21. The zero-order valence-electron chi connectivity index (χ0n) is 10.3. The summed E-state index contributed by atoms with van der Waals surface area (Å²) in [5, 5.41) is 0. The Morgan fingerprint density at radius 2 is 2.00 bits per heavy atom. The highest BCUT2D eigenvalue weighted by molar-refractivity contribution is 9.10. The number of halogens is 1. The number of nitrogen functional groups attached to an aromatic ring is 1. The minimum absolute atomic E-state index is 0.0806. The summed E-state index contributed by atoms with van der Waals surface area (Å²) in [5.41, 5.74) is 7.68. The first-order valence-electron chi connectivity index (χ1n) is 5.57. The molecule has 19 heavy (non-hydrogen) atoms. The fourth-order valence-corrected chi connectivity index (χ4v) is 3.49. The van der Waals surface area contributed by atoms with Crippen LogP contribution in [0, 0.1) is 6.92 Å². The van der Waals surface area contributed by atoms with Gasteiger partial charge in [-0.3, -0.25) is 4.98 Å². The van der Waals surface area contributed by atoms with Crippen molar-refractivity contribution in [1.82, 2.24) is 4.98 Å². The quantitative estimate of drug-likeness (QED) is 0.872. The largest absolute Gasteiger partial charge is 0.399 e. The van der Waals surface area contributed by atoms with E-state index in [-0.39, 0.29) is 10.6 Å². The minimum atomic E-state index is -3.39. The molecule has 1 heterocycles. The van der Waals surface area contributed by atoms with Crippen LogP contribution >= 0.6 is 15.9 Å². The number of pyridine rings is 1. The van der Waals surface area contributed by atoms with Crippen molar-refractivity contribution in [2.45, 2.75) is 17.6 Å². The number of hydrogen-bond acceptors (Lipinski definition) is 4. The van der Waals surface area contributed by atoms with Gasteiger partial charge >= 0.3 is 0 Å². The molecule has 0 saturated carbocycles. The molecule has 1 aromatic carbocycles. The predicted octanol–water partition coefficient (Wildman–Crippen LogP) is 2.71. The Bertz CT molecular complexity index is 714. The molecule has 0 unspecified atom stereocenters. The number of hydrogen-bond donors (Lipinski definition) is 1. The number of rotatable bonds is 3. The van der Waals surface area contributed by atoms with Crippen LogP contribution in [-0.4, -0.2) is 13.4 Å². The molecule has 2 N–H and O–H groups in total. The van der Waals surface area contributed by atoms with E-state index in [0.717, 1.165) is 10.0 Å². The molecule has 0 atom stereocenters. The molecule has 0 aliphatic heterocycles. The average molecular weight is 341 g/mol. The fourth-order valence-electron chi connectivity index (χ4n) is 1.68. The van der Waals surface area contributed by atoms with Crippen molar-refractivity contribution < 1.29 is 8.42 Å². The molecule has 0 aliphatic carbocycles. The monoisotopic (exact) mass is 340 g/mol. The van der Waals surface area contributed by atoms with Crippen molar-refractivity contribution >= 4 is 31.5 Å². The van der Waals surface area contributed by atoms with Crippen molar-refractivity contribution in [2.75, 3.05) is 5.73 Å². The SMILES string of the molecule is Cc1cc(S(=O)(=O)Cc2cncc(Br)c2)ccc1N. The first kappa shape index (κ1) is 14.0. The van der Waals surface area contributed by atoms with E-state index in [2.05, 4.69) is 20.9 Å². The van der Waals surface area contributed by atoms with E-state index in [1.165, 1.54) is 6.07 Å². The maximum atomic E-state index is 12.3. The molecule has 0 aliphatic rings.